The van der Waals surface area contributed by atoms with Crippen molar-refractivity contribution in [3.63, 3.8) is 0 Å². The Kier molecular flexibility index (Phi) is 4.14. The molecule has 6 nitrogen and oxygen atoms in total. The van der Waals surface area contributed by atoms with E-state index in [1.807, 2.05) is 0 Å². The van der Waals surface area contributed by atoms with Crippen molar-refractivity contribution < 1.29 is 0 Å². The predicted molar refractivity (Wildman–Crippen MR) is 91.8 cm³/mol. The van der Waals surface area contributed by atoms with E-state index in [1.165, 1.54) is 11.3 Å². The normalized spacial score (nSPS) is 11.1. The molecule has 0 bridgehead atoms. The van der Waals surface area contributed by atoms with E-state index < -0.39 is 0 Å². The lowest BCUT2D eigenvalue weighted by Crippen LogP contribution is -2.31. The van der Waals surface area contributed by atoms with Crippen LogP contribution in [0.1, 0.15) is 12.5 Å². The van der Waals surface area contributed by atoms with Gasteiger partial charge in [0.15, 0.2) is 5.52 Å². The van der Waals surface area contributed by atoms with Gasteiger partial charge in [-0.1, -0.05) is 12.1 Å². The Balaban J connectivity index is 1.81. The van der Waals surface area contributed by atoms with Crippen LogP contribution in [0.2, 0.25) is 0 Å². The monoisotopic (exact) mass is 311 g/mol. The van der Waals surface area contributed by atoms with E-state index in [9.17, 15) is 4.79 Å². The topological polar surface area (TPSA) is 56.0 Å². The van der Waals surface area contributed by atoms with Gasteiger partial charge in [0.1, 0.15) is 5.52 Å². The Labute approximate surface area is 135 Å². The van der Waals surface area contributed by atoms with Crippen LogP contribution >= 0.6 is 0 Å². The van der Waals surface area contributed by atoms with Crippen LogP contribution in [0.5, 0.6) is 0 Å². The summed E-state index contributed by atoms with van der Waals surface area (Å²) in [4.78, 5) is 19.0. The predicted octanol–water partition coefficient (Wildman–Crippen LogP) is 1.96. The van der Waals surface area contributed by atoms with Crippen molar-refractivity contribution >= 4 is 16.7 Å². The largest absolute Gasteiger partial charge is 0.370 e. The van der Waals surface area contributed by atoms with Crippen LogP contribution < -0.4 is 10.5 Å². The molecule has 0 spiro atoms. The maximum atomic E-state index is 12.5. The van der Waals surface area contributed by atoms with Crippen LogP contribution in [0.15, 0.2) is 41.6 Å². The van der Waals surface area contributed by atoms with Crippen molar-refractivity contribution in [3.8, 4) is 0 Å². The van der Waals surface area contributed by atoms with Gasteiger partial charge in [-0.2, -0.15) is 5.10 Å². The molecule has 0 saturated heterocycles. The Morgan fingerprint density at radius 1 is 1.30 bits per heavy atom. The summed E-state index contributed by atoms with van der Waals surface area (Å²) in [5.41, 5.74) is 3.38. The van der Waals surface area contributed by atoms with Gasteiger partial charge in [0.2, 0.25) is 0 Å². The van der Waals surface area contributed by atoms with Crippen molar-refractivity contribution in [2.75, 3.05) is 18.0 Å². The van der Waals surface area contributed by atoms with Gasteiger partial charge in [0, 0.05) is 32.4 Å². The first kappa shape index (κ1) is 15.3. The summed E-state index contributed by atoms with van der Waals surface area (Å²) in [6.45, 7) is 6.42. The molecular weight excluding hydrogens is 290 g/mol. The lowest BCUT2D eigenvalue weighted by molar-refractivity contribution is 0.638. The summed E-state index contributed by atoms with van der Waals surface area (Å²) >= 11 is 0. The zero-order chi connectivity index (χ0) is 16.4. The highest BCUT2D eigenvalue weighted by molar-refractivity contribution is 5.71. The van der Waals surface area contributed by atoms with Gasteiger partial charge >= 0.3 is 0 Å². The number of aryl methyl sites for hydroxylation is 2. The number of benzene rings is 1. The molecule has 0 aliphatic carbocycles. The Hall–Kier alpha value is -2.63. The molecule has 0 atom stereocenters. The molecule has 0 amide bonds. The SMILES string of the molecule is CCN(CCn1cnc2cn(C)nc2c1=O)c1cccc(C)c1. The van der Waals surface area contributed by atoms with Gasteiger partial charge in [-0.05, 0) is 31.5 Å². The van der Waals surface area contributed by atoms with Gasteiger partial charge in [-0.25, -0.2) is 4.98 Å². The van der Waals surface area contributed by atoms with Crippen LogP contribution in [-0.4, -0.2) is 32.4 Å². The van der Waals surface area contributed by atoms with Gasteiger partial charge in [0.25, 0.3) is 5.56 Å². The van der Waals surface area contributed by atoms with Gasteiger partial charge in [0.05, 0.1) is 12.5 Å². The fraction of sp³-hybridized carbons (Fsp3) is 0.353. The third-order valence-electron chi connectivity index (χ3n) is 3.97. The van der Waals surface area contributed by atoms with E-state index in [1.54, 1.807) is 28.8 Å². The average molecular weight is 311 g/mol. The standard InChI is InChI=1S/C17H21N5O/c1-4-21(14-7-5-6-13(2)10-14)8-9-22-12-18-15-11-20(3)19-16(15)17(22)23/h5-7,10-12H,4,8-9H2,1-3H3. The first-order valence-corrected chi connectivity index (χ1v) is 7.79. The fourth-order valence-electron chi connectivity index (χ4n) is 2.73. The van der Waals surface area contributed by atoms with E-state index in [-0.39, 0.29) is 5.56 Å². The Bertz CT molecular complexity index is 880. The first-order valence-electron chi connectivity index (χ1n) is 7.79. The second kappa shape index (κ2) is 6.24. The zero-order valence-corrected chi connectivity index (χ0v) is 13.7. The first-order chi connectivity index (χ1) is 11.1. The molecule has 0 aliphatic rings. The highest BCUT2D eigenvalue weighted by Gasteiger charge is 2.09. The van der Waals surface area contributed by atoms with Crippen LogP contribution in [0.3, 0.4) is 0 Å². The van der Waals surface area contributed by atoms with E-state index in [0.717, 1.165) is 13.1 Å². The number of likely N-dealkylation sites (N-methyl/N-ethyl adjacent to an activating group) is 1. The van der Waals surface area contributed by atoms with Crippen LogP contribution in [0.4, 0.5) is 5.69 Å². The van der Waals surface area contributed by atoms with Gasteiger partial charge in [-0.15, -0.1) is 0 Å². The lowest BCUT2D eigenvalue weighted by atomic mass is 10.2. The van der Waals surface area contributed by atoms with Crippen molar-refractivity contribution in [2.45, 2.75) is 20.4 Å². The molecule has 2 heterocycles. The molecule has 23 heavy (non-hydrogen) atoms. The highest BCUT2D eigenvalue weighted by atomic mass is 16.1. The number of anilines is 1. The van der Waals surface area contributed by atoms with E-state index in [2.05, 4.69) is 53.1 Å². The molecule has 0 radical (unpaired) electrons. The van der Waals surface area contributed by atoms with E-state index in [0.29, 0.717) is 17.6 Å². The number of fused-ring (bicyclic) bond motifs is 1. The van der Waals surface area contributed by atoms with Gasteiger partial charge < -0.3 is 4.90 Å². The van der Waals surface area contributed by atoms with Crippen molar-refractivity contribution in [1.82, 2.24) is 19.3 Å². The smallest absolute Gasteiger partial charge is 0.281 e. The number of rotatable bonds is 5. The molecule has 1 aromatic carbocycles. The minimum absolute atomic E-state index is 0.0871. The maximum Gasteiger partial charge on any atom is 0.281 e. The number of aromatic nitrogens is 4. The third-order valence-corrected chi connectivity index (χ3v) is 3.97. The summed E-state index contributed by atoms with van der Waals surface area (Å²) in [7, 11) is 1.79. The molecule has 0 unspecified atom stereocenters. The molecule has 6 heteroatoms. The summed E-state index contributed by atoms with van der Waals surface area (Å²) in [5.74, 6) is 0. The molecule has 0 saturated carbocycles. The summed E-state index contributed by atoms with van der Waals surface area (Å²) in [6, 6.07) is 8.40. The number of hydrogen-bond donors (Lipinski definition) is 0. The molecule has 3 rings (SSSR count). The maximum absolute atomic E-state index is 12.5. The molecular formula is C17H21N5O. The minimum Gasteiger partial charge on any atom is -0.370 e. The van der Waals surface area contributed by atoms with Crippen molar-refractivity contribution in [2.24, 2.45) is 7.05 Å². The molecule has 120 valence electrons. The quantitative estimate of drug-likeness (QED) is 0.723. The second-order valence-electron chi connectivity index (χ2n) is 5.70. The van der Waals surface area contributed by atoms with E-state index in [4.69, 9.17) is 0 Å². The van der Waals surface area contributed by atoms with Gasteiger partial charge in [-0.3, -0.25) is 14.0 Å². The lowest BCUT2D eigenvalue weighted by Gasteiger charge is -2.23. The Morgan fingerprint density at radius 3 is 2.87 bits per heavy atom. The van der Waals surface area contributed by atoms with Crippen LogP contribution in [0.25, 0.3) is 11.0 Å². The summed E-state index contributed by atoms with van der Waals surface area (Å²) in [6.07, 6.45) is 3.36. The Morgan fingerprint density at radius 2 is 2.13 bits per heavy atom. The van der Waals surface area contributed by atoms with Crippen molar-refractivity contribution in [3.05, 3.63) is 52.7 Å². The van der Waals surface area contributed by atoms with Crippen LogP contribution in [0, 0.1) is 6.92 Å². The number of hydrogen-bond acceptors (Lipinski definition) is 4. The average Bonchev–Trinajstić information content (AvgIpc) is 2.91. The summed E-state index contributed by atoms with van der Waals surface area (Å²) < 4.78 is 3.25. The van der Waals surface area contributed by atoms with Crippen molar-refractivity contribution in [1.29, 1.82) is 0 Å². The molecule has 0 fully saturated rings. The molecule has 0 aliphatic heterocycles. The molecule has 3 aromatic rings. The summed E-state index contributed by atoms with van der Waals surface area (Å²) in [5, 5.41) is 4.20. The minimum atomic E-state index is -0.0871. The molecule has 0 N–H and O–H groups in total. The van der Waals surface area contributed by atoms with E-state index >= 15 is 0 Å². The molecule has 2 aromatic heterocycles. The third kappa shape index (κ3) is 3.11. The second-order valence-corrected chi connectivity index (χ2v) is 5.70. The number of nitrogens with zero attached hydrogens (tertiary/aromatic N) is 5. The zero-order valence-electron chi connectivity index (χ0n) is 13.7. The van der Waals surface area contributed by atoms with Crippen LogP contribution in [-0.2, 0) is 13.6 Å². The highest BCUT2D eigenvalue weighted by Crippen LogP contribution is 2.15. The fourth-order valence-corrected chi connectivity index (χ4v) is 2.73.